The molecule has 0 saturated carbocycles. The van der Waals surface area contributed by atoms with Crippen molar-refractivity contribution in [2.75, 3.05) is 0 Å². The molecule has 0 saturated heterocycles. The topological polar surface area (TPSA) is 86.1 Å². The zero-order chi connectivity index (χ0) is 26.2. The third kappa shape index (κ3) is 4.59. The van der Waals surface area contributed by atoms with Gasteiger partial charge < -0.3 is 0 Å². The van der Waals surface area contributed by atoms with Crippen molar-refractivity contribution < 1.29 is 16.8 Å². The molecule has 0 N–H and O–H groups in total. The first-order chi connectivity index (χ1) is 17.7. The lowest BCUT2D eigenvalue weighted by molar-refractivity contribution is 0.573. The molecule has 0 amide bonds. The number of para-hydroxylation sites is 1. The van der Waals surface area contributed by atoms with Crippen molar-refractivity contribution in [3.8, 4) is 16.9 Å². The van der Waals surface area contributed by atoms with Crippen LogP contribution in [0.1, 0.15) is 5.56 Å². The van der Waals surface area contributed by atoms with E-state index in [0.717, 1.165) is 5.56 Å². The van der Waals surface area contributed by atoms with Gasteiger partial charge in [0, 0.05) is 10.6 Å². The van der Waals surface area contributed by atoms with Crippen molar-refractivity contribution in [2.24, 2.45) is 0 Å². The van der Waals surface area contributed by atoms with Crippen LogP contribution in [-0.4, -0.2) is 26.6 Å². The van der Waals surface area contributed by atoms with Crippen molar-refractivity contribution in [2.45, 2.75) is 26.6 Å². The molecule has 0 fully saturated rings. The summed E-state index contributed by atoms with van der Waals surface area (Å²) in [7, 11) is -8.70. The third-order valence-corrected chi connectivity index (χ3v) is 9.81. The molecule has 6 nitrogen and oxygen atoms in total. The molecule has 0 radical (unpaired) electrons. The van der Waals surface area contributed by atoms with E-state index in [2.05, 4.69) is 5.10 Å². The first-order valence-corrected chi connectivity index (χ1v) is 14.6. The van der Waals surface area contributed by atoms with E-state index in [1.54, 1.807) is 84.9 Å². The van der Waals surface area contributed by atoms with Gasteiger partial charge in [-0.3, -0.25) is 0 Å². The minimum absolute atomic E-state index is 0.00931. The highest BCUT2D eigenvalue weighted by molar-refractivity contribution is 7.94. The number of halogens is 1. The molecule has 1 aromatic heterocycles. The second-order valence-corrected chi connectivity index (χ2v) is 12.6. The van der Waals surface area contributed by atoms with Gasteiger partial charge in [0.15, 0.2) is 5.03 Å². The molecule has 1 heterocycles. The zero-order valence-corrected chi connectivity index (χ0v) is 22.0. The lowest BCUT2D eigenvalue weighted by Gasteiger charge is -2.12. The molecule has 9 heteroatoms. The smallest absolute Gasteiger partial charge is 0.220 e. The highest BCUT2D eigenvalue weighted by Crippen LogP contribution is 2.39. The summed E-state index contributed by atoms with van der Waals surface area (Å²) in [6.45, 7) is 1.84. The van der Waals surface area contributed by atoms with E-state index in [-0.39, 0.29) is 15.5 Å². The van der Waals surface area contributed by atoms with Crippen LogP contribution < -0.4 is 0 Å². The Morgan fingerprint density at radius 3 is 1.78 bits per heavy atom. The normalized spacial score (nSPS) is 11.9. The molecule has 0 bridgehead atoms. The standard InChI is InChI=1S/C28H21ClN2O4S2/c1-20-12-18-25(19-13-20)37(34,35)28-27(36(32,33)24-10-6-3-7-11-24)26(21-14-16-22(29)17-15-21)30-31(28)23-8-4-2-5-9-23/h2-19H,1H3. The zero-order valence-electron chi connectivity index (χ0n) is 19.6. The molecule has 0 aliphatic carbocycles. The average molecular weight is 549 g/mol. The third-order valence-electron chi connectivity index (χ3n) is 5.83. The maximum atomic E-state index is 14.2. The summed E-state index contributed by atoms with van der Waals surface area (Å²) in [5.74, 6) is 0. The van der Waals surface area contributed by atoms with Gasteiger partial charge in [-0.1, -0.05) is 77.8 Å². The predicted molar refractivity (Wildman–Crippen MR) is 143 cm³/mol. The molecular formula is C28H21ClN2O4S2. The fourth-order valence-corrected chi connectivity index (χ4v) is 7.65. The molecule has 4 aromatic carbocycles. The monoisotopic (exact) mass is 548 g/mol. The van der Waals surface area contributed by atoms with Gasteiger partial charge in [-0.05, 0) is 55.5 Å². The van der Waals surface area contributed by atoms with Crippen molar-refractivity contribution in [3.05, 3.63) is 120 Å². The Hall–Kier alpha value is -3.72. The lowest BCUT2D eigenvalue weighted by atomic mass is 10.1. The molecule has 5 rings (SSSR count). The summed E-state index contributed by atoms with van der Waals surface area (Å²) in [6, 6.07) is 29.0. The van der Waals surface area contributed by atoms with Gasteiger partial charge in [-0.2, -0.15) is 5.10 Å². The van der Waals surface area contributed by atoms with E-state index in [0.29, 0.717) is 16.3 Å². The number of nitrogens with zero attached hydrogens (tertiary/aromatic N) is 2. The van der Waals surface area contributed by atoms with Gasteiger partial charge in [0.05, 0.1) is 15.5 Å². The largest absolute Gasteiger partial charge is 0.225 e. The SMILES string of the molecule is Cc1ccc(S(=O)(=O)c2c(S(=O)(=O)c3ccccc3)c(-c3ccc(Cl)cc3)nn2-c2ccccc2)cc1. The van der Waals surface area contributed by atoms with Gasteiger partial charge in [0.1, 0.15) is 10.6 Å². The Kier molecular flexibility index (Phi) is 6.49. The van der Waals surface area contributed by atoms with E-state index in [9.17, 15) is 16.8 Å². The first-order valence-electron chi connectivity index (χ1n) is 11.3. The van der Waals surface area contributed by atoms with Gasteiger partial charge in [0.2, 0.25) is 19.7 Å². The van der Waals surface area contributed by atoms with Crippen LogP contribution >= 0.6 is 11.6 Å². The fraction of sp³-hybridized carbons (Fsp3) is 0.0357. The Labute approximate surface area is 220 Å². The summed E-state index contributed by atoms with van der Waals surface area (Å²) in [6.07, 6.45) is 0. The summed E-state index contributed by atoms with van der Waals surface area (Å²) in [5, 5.41) is 4.61. The van der Waals surface area contributed by atoms with Crippen molar-refractivity contribution in [3.63, 3.8) is 0 Å². The van der Waals surface area contributed by atoms with Crippen LogP contribution in [0.15, 0.2) is 129 Å². The molecule has 37 heavy (non-hydrogen) atoms. The number of hydrogen-bond acceptors (Lipinski definition) is 5. The number of sulfone groups is 2. The minimum Gasteiger partial charge on any atom is -0.220 e. The quantitative estimate of drug-likeness (QED) is 0.253. The maximum absolute atomic E-state index is 14.2. The number of benzene rings is 4. The Morgan fingerprint density at radius 1 is 0.649 bits per heavy atom. The number of rotatable bonds is 6. The molecule has 0 spiro atoms. The fourth-order valence-electron chi connectivity index (χ4n) is 3.95. The maximum Gasteiger partial charge on any atom is 0.225 e. The van der Waals surface area contributed by atoms with Gasteiger partial charge in [-0.25, -0.2) is 21.5 Å². The van der Waals surface area contributed by atoms with Crippen LogP contribution in [0.3, 0.4) is 0 Å². The molecular weight excluding hydrogens is 528 g/mol. The molecule has 0 aliphatic heterocycles. The summed E-state index contributed by atoms with van der Waals surface area (Å²) >= 11 is 6.08. The lowest BCUT2D eigenvalue weighted by Crippen LogP contribution is -2.14. The van der Waals surface area contributed by atoms with Gasteiger partial charge in [-0.15, -0.1) is 0 Å². The van der Waals surface area contributed by atoms with Crippen LogP contribution in [0.4, 0.5) is 0 Å². The van der Waals surface area contributed by atoms with Gasteiger partial charge >= 0.3 is 0 Å². The second-order valence-electron chi connectivity index (χ2n) is 8.37. The molecule has 5 aromatic rings. The van der Waals surface area contributed by atoms with E-state index >= 15 is 0 Å². The van der Waals surface area contributed by atoms with Crippen LogP contribution in [0.5, 0.6) is 0 Å². The second kappa shape index (κ2) is 9.63. The number of aromatic nitrogens is 2. The summed E-state index contributed by atoms with van der Waals surface area (Å²) in [5.41, 5.74) is 1.69. The Morgan fingerprint density at radius 2 is 1.19 bits per heavy atom. The molecule has 0 aliphatic rings. The van der Waals surface area contributed by atoms with Crippen molar-refractivity contribution in [1.82, 2.24) is 9.78 Å². The highest BCUT2D eigenvalue weighted by atomic mass is 35.5. The summed E-state index contributed by atoms with van der Waals surface area (Å²) in [4.78, 5) is -0.481. The molecule has 0 unspecified atom stereocenters. The number of aryl methyl sites for hydroxylation is 1. The van der Waals surface area contributed by atoms with Crippen LogP contribution in [0, 0.1) is 6.92 Å². The van der Waals surface area contributed by atoms with E-state index < -0.39 is 29.6 Å². The van der Waals surface area contributed by atoms with Crippen LogP contribution in [-0.2, 0) is 19.7 Å². The Bertz CT molecular complexity index is 1780. The minimum atomic E-state index is -4.36. The number of hydrogen-bond donors (Lipinski definition) is 0. The predicted octanol–water partition coefficient (Wildman–Crippen LogP) is 6.17. The van der Waals surface area contributed by atoms with Crippen LogP contribution in [0.25, 0.3) is 16.9 Å². The highest BCUT2D eigenvalue weighted by Gasteiger charge is 2.38. The Balaban J connectivity index is 1.94. The van der Waals surface area contributed by atoms with Crippen molar-refractivity contribution >= 4 is 31.3 Å². The van der Waals surface area contributed by atoms with Gasteiger partial charge in [0.25, 0.3) is 0 Å². The van der Waals surface area contributed by atoms with Crippen LogP contribution in [0.2, 0.25) is 5.02 Å². The molecule has 0 atom stereocenters. The summed E-state index contributed by atoms with van der Waals surface area (Å²) < 4.78 is 57.9. The van der Waals surface area contributed by atoms with Crippen molar-refractivity contribution in [1.29, 1.82) is 0 Å². The van der Waals surface area contributed by atoms with E-state index in [1.807, 2.05) is 6.92 Å². The van der Waals surface area contributed by atoms with E-state index in [1.165, 1.54) is 28.9 Å². The molecule has 186 valence electrons. The van der Waals surface area contributed by atoms with E-state index in [4.69, 9.17) is 11.6 Å². The first kappa shape index (κ1) is 25.0. The average Bonchev–Trinajstić information content (AvgIpc) is 3.33.